The van der Waals surface area contributed by atoms with Gasteiger partial charge in [-0.3, -0.25) is 28.8 Å². The van der Waals surface area contributed by atoms with Crippen molar-refractivity contribution in [3.8, 4) is 0 Å². The molecule has 12 nitrogen and oxygen atoms in total. The summed E-state index contributed by atoms with van der Waals surface area (Å²) in [5.74, 6) is -2.65. The number of primary amides is 1. The highest BCUT2D eigenvalue weighted by atomic mass is 16.2. The number of hydrogen-bond donors (Lipinski definition) is 6. The van der Waals surface area contributed by atoms with Crippen LogP contribution in [0.4, 0.5) is 0 Å². The van der Waals surface area contributed by atoms with E-state index in [1.54, 1.807) is 30.3 Å². The summed E-state index contributed by atoms with van der Waals surface area (Å²) in [6.07, 6.45) is 3.29. The summed E-state index contributed by atoms with van der Waals surface area (Å²) >= 11 is 0. The van der Waals surface area contributed by atoms with E-state index >= 15 is 0 Å². The predicted molar refractivity (Wildman–Crippen MR) is 198 cm³/mol. The van der Waals surface area contributed by atoms with Crippen molar-refractivity contribution in [2.24, 2.45) is 17.6 Å². The number of carbonyl (C=O) groups is 6. The Morgan fingerprint density at radius 2 is 1.14 bits per heavy atom. The molecule has 4 atom stereocenters. The SMILES string of the molecule is CCCC[C@H](NC(=O)[C@H](CCC(N)=O)NC(=O)c1ccccc1)C(=O)N[C@@H](CCc1ccccc1)C(=O)N[C@@H](CC(C)C)C(=O)NCCC(C)C. The van der Waals surface area contributed by atoms with Crippen LogP contribution in [0.5, 0.6) is 0 Å². The molecule has 7 N–H and O–H groups in total. The average molecular weight is 707 g/mol. The number of rotatable bonds is 23. The number of nitrogens with one attached hydrogen (secondary N) is 5. The molecule has 0 aromatic heterocycles. The van der Waals surface area contributed by atoms with Crippen molar-refractivity contribution in [3.63, 3.8) is 0 Å². The van der Waals surface area contributed by atoms with E-state index in [0.29, 0.717) is 37.3 Å². The van der Waals surface area contributed by atoms with Gasteiger partial charge in [0.25, 0.3) is 5.91 Å². The quantitative estimate of drug-likeness (QED) is 0.103. The van der Waals surface area contributed by atoms with Crippen molar-refractivity contribution < 1.29 is 28.8 Å². The van der Waals surface area contributed by atoms with E-state index in [0.717, 1.165) is 18.4 Å². The van der Waals surface area contributed by atoms with Gasteiger partial charge in [-0.15, -0.1) is 0 Å². The molecule has 0 aliphatic carbocycles. The average Bonchev–Trinajstić information content (AvgIpc) is 3.09. The van der Waals surface area contributed by atoms with Gasteiger partial charge in [0, 0.05) is 18.5 Å². The first-order valence-corrected chi connectivity index (χ1v) is 18.2. The molecule has 2 aromatic carbocycles. The molecule has 0 aliphatic heterocycles. The molecule has 0 radical (unpaired) electrons. The lowest BCUT2D eigenvalue weighted by molar-refractivity contribution is -0.134. The Labute approximate surface area is 302 Å². The van der Waals surface area contributed by atoms with Gasteiger partial charge < -0.3 is 32.3 Å². The van der Waals surface area contributed by atoms with E-state index in [-0.39, 0.29) is 37.5 Å². The second kappa shape index (κ2) is 22.9. The molecule has 51 heavy (non-hydrogen) atoms. The summed E-state index contributed by atoms with van der Waals surface area (Å²) in [5.41, 5.74) is 6.65. The Morgan fingerprint density at radius 1 is 0.608 bits per heavy atom. The smallest absolute Gasteiger partial charge is 0.251 e. The van der Waals surface area contributed by atoms with Crippen LogP contribution in [-0.4, -0.2) is 66.2 Å². The van der Waals surface area contributed by atoms with Gasteiger partial charge in [0.15, 0.2) is 0 Å². The maximum atomic E-state index is 13.9. The molecule has 12 heteroatoms. The lowest BCUT2D eigenvalue weighted by Gasteiger charge is -2.27. The highest BCUT2D eigenvalue weighted by Gasteiger charge is 2.31. The summed E-state index contributed by atoms with van der Waals surface area (Å²) in [4.78, 5) is 79.1. The third-order valence-electron chi connectivity index (χ3n) is 8.38. The molecule has 2 aromatic rings. The van der Waals surface area contributed by atoms with Gasteiger partial charge in [-0.1, -0.05) is 96.0 Å². The van der Waals surface area contributed by atoms with Crippen LogP contribution in [0.3, 0.4) is 0 Å². The molecule has 6 amide bonds. The standard InChI is InChI=1S/C39H58N6O6/c1-6-7-18-30(43-38(50)32(21-22-34(40)46)42-35(47)29-16-12-9-13-17-29)37(49)44-31(20-19-28-14-10-8-11-15-28)39(51)45-33(25-27(4)5)36(48)41-24-23-26(2)3/h8-17,26-27,30-33H,6-7,18-25H2,1-5H3,(H2,40,46)(H,41,48)(H,42,47)(H,43,50)(H,44,49)(H,45,51)/t30-,31-,32-,33-/m0/s1. The summed E-state index contributed by atoms with van der Waals surface area (Å²) < 4.78 is 0. The Hall–Kier alpha value is -4.74. The predicted octanol–water partition coefficient (Wildman–Crippen LogP) is 3.54. The second-order valence-electron chi connectivity index (χ2n) is 13.9. The van der Waals surface area contributed by atoms with E-state index in [1.807, 2.05) is 51.1 Å². The topological polar surface area (TPSA) is 189 Å². The van der Waals surface area contributed by atoms with Crippen molar-refractivity contribution in [1.82, 2.24) is 26.6 Å². The first-order valence-electron chi connectivity index (χ1n) is 18.2. The van der Waals surface area contributed by atoms with E-state index < -0.39 is 53.7 Å². The van der Waals surface area contributed by atoms with Crippen molar-refractivity contribution in [1.29, 1.82) is 0 Å². The zero-order valence-electron chi connectivity index (χ0n) is 30.8. The summed E-state index contributed by atoms with van der Waals surface area (Å²) in [6, 6.07) is 13.9. The number of hydrogen-bond acceptors (Lipinski definition) is 6. The van der Waals surface area contributed by atoms with Gasteiger partial charge in [-0.25, -0.2) is 0 Å². The summed E-state index contributed by atoms with van der Waals surface area (Å²) in [5, 5.41) is 14.1. The van der Waals surface area contributed by atoms with E-state index in [4.69, 9.17) is 5.73 Å². The summed E-state index contributed by atoms with van der Waals surface area (Å²) in [6.45, 7) is 10.5. The van der Waals surface area contributed by atoms with Crippen LogP contribution in [0.1, 0.15) is 102 Å². The molecule has 280 valence electrons. The Bertz CT molecular complexity index is 1400. The van der Waals surface area contributed by atoms with Gasteiger partial charge >= 0.3 is 0 Å². The lowest BCUT2D eigenvalue weighted by Crippen LogP contribution is -2.58. The van der Waals surface area contributed by atoms with Crippen molar-refractivity contribution in [3.05, 3.63) is 71.8 Å². The fourth-order valence-corrected chi connectivity index (χ4v) is 5.42. The number of unbranched alkanes of at least 4 members (excludes halogenated alkanes) is 1. The van der Waals surface area contributed by atoms with Gasteiger partial charge in [0.05, 0.1) is 0 Å². The molecule has 0 saturated heterocycles. The third kappa shape index (κ3) is 16.7. The van der Waals surface area contributed by atoms with Gasteiger partial charge in [0.2, 0.25) is 29.5 Å². The third-order valence-corrected chi connectivity index (χ3v) is 8.38. The Morgan fingerprint density at radius 3 is 1.67 bits per heavy atom. The number of aryl methyl sites for hydroxylation is 1. The molecule has 0 unspecified atom stereocenters. The van der Waals surface area contributed by atoms with E-state index in [9.17, 15) is 28.8 Å². The summed E-state index contributed by atoms with van der Waals surface area (Å²) in [7, 11) is 0. The zero-order chi connectivity index (χ0) is 37.8. The van der Waals surface area contributed by atoms with Crippen LogP contribution in [-0.2, 0) is 30.4 Å². The van der Waals surface area contributed by atoms with Crippen LogP contribution in [0, 0.1) is 11.8 Å². The highest BCUT2D eigenvalue weighted by molar-refractivity contribution is 5.99. The van der Waals surface area contributed by atoms with E-state index in [2.05, 4.69) is 40.4 Å². The molecule has 0 aliphatic rings. The van der Waals surface area contributed by atoms with Gasteiger partial charge in [-0.2, -0.15) is 0 Å². The molecular formula is C39H58N6O6. The van der Waals surface area contributed by atoms with Crippen LogP contribution in [0.2, 0.25) is 0 Å². The van der Waals surface area contributed by atoms with Crippen molar-refractivity contribution >= 4 is 35.4 Å². The minimum Gasteiger partial charge on any atom is -0.370 e. The zero-order valence-corrected chi connectivity index (χ0v) is 30.8. The minimum atomic E-state index is -1.15. The molecule has 2 rings (SSSR count). The maximum Gasteiger partial charge on any atom is 0.251 e. The molecule has 0 bridgehead atoms. The first kappa shape index (κ1) is 42.4. The molecule has 0 fully saturated rings. The fourth-order valence-electron chi connectivity index (χ4n) is 5.42. The molecule has 0 heterocycles. The van der Waals surface area contributed by atoms with Crippen LogP contribution < -0.4 is 32.3 Å². The highest BCUT2D eigenvalue weighted by Crippen LogP contribution is 2.11. The van der Waals surface area contributed by atoms with Gasteiger partial charge in [0.1, 0.15) is 24.2 Å². The van der Waals surface area contributed by atoms with Crippen LogP contribution in [0.15, 0.2) is 60.7 Å². The van der Waals surface area contributed by atoms with Crippen LogP contribution in [0.25, 0.3) is 0 Å². The van der Waals surface area contributed by atoms with E-state index in [1.165, 1.54) is 0 Å². The lowest BCUT2D eigenvalue weighted by atomic mass is 10.00. The first-order chi connectivity index (χ1) is 24.3. The normalized spacial score (nSPS) is 13.4. The number of carbonyl (C=O) groups excluding carboxylic acids is 6. The van der Waals surface area contributed by atoms with Crippen molar-refractivity contribution in [2.45, 2.75) is 117 Å². The molecule has 0 saturated carbocycles. The number of benzene rings is 2. The Kier molecular flexibility index (Phi) is 19.0. The van der Waals surface area contributed by atoms with Crippen molar-refractivity contribution in [2.75, 3.05) is 6.54 Å². The Balaban J connectivity index is 2.30. The fraction of sp³-hybridized carbons (Fsp3) is 0.538. The largest absolute Gasteiger partial charge is 0.370 e. The molecular weight excluding hydrogens is 648 g/mol. The number of amides is 6. The second-order valence-corrected chi connectivity index (χ2v) is 13.9. The molecule has 0 spiro atoms. The van der Waals surface area contributed by atoms with Gasteiger partial charge in [-0.05, 0) is 68.1 Å². The van der Waals surface area contributed by atoms with Crippen LogP contribution >= 0.6 is 0 Å². The number of nitrogens with two attached hydrogens (primary N) is 1. The monoisotopic (exact) mass is 706 g/mol. The maximum absolute atomic E-state index is 13.9. The minimum absolute atomic E-state index is 0.0690.